The normalized spacial score (nSPS) is 11.5. The van der Waals surface area contributed by atoms with Gasteiger partial charge >= 0.3 is 6.18 Å². The molecule has 6 nitrogen and oxygen atoms in total. The number of aryl methyl sites for hydroxylation is 1. The van der Waals surface area contributed by atoms with Gasteiger partial charge in [-0.2, -0.15) is 28.1 Å². The Bertz CT molecular complexity index is 1050. The van der Waals surface area contributed by atoms with Crippen molar-refractivity contribution in [1.29, 1.82) is 0 Å². The van der Waals surface area contributed by atoms with Crippen molar-refractivity contribution in [2.24, 2.45) is 0 Å². The fraction of sp³-hybridized carbons (Fsp3) is 0.348. The molecule has 1 N–H and O–H groups in total. The lowest BCUT2D eigenvalue weighted by Crippen LogP contribution is -2.26. The summed E-state index contributed by atoms with van der Waals surface area (Å²) in [7, 11) is 3.69. The first-order valence-corrected chi connectivity index (χ1v) is 10.8. The number of benzene rings is 2. The summed E-state index contributed by atoms with van der Waals surface area (Å²) >= 11 is 6.12. The highest BCUT2D eigenvalue weighted by Crippen LogP contribution is 2.29. The third kappa shape index (κ3) is 7.21. The van der Waals surface area contributed by atoms with E-state index in [0.717, 1.165) is 29.7 Å². The van der Waals surface area contributed by atoms with Crippen molar-refractivity contribution in [3.63, 3.8) is 0 Å². The molecule has 0 bridgehead atoms. The summed E-state index contributed by atoms with van der Waals surface area (Å²) in [6, 6.07) is 12.2. The van der Waals surface area contributed by atoms with Crippen LogP contribution < -0.4 is 9.80 Å². The van der Waals surface area contributed by atoms with E-state index in [0.29, 0.717) is 37.8 Å². The fourth-order valence-corrected chi connectivity index (χ4v) is 3.36. The molecule has 0 saturated heterocycles. The van der Waals surface area contributed by atoms with Crippen LogP contribution in [0.5, 0.6) is 5.75 Å². The molecule has 0 fully saturated rings. The van der Waals surface area contributed by atoms with Gasteiger partial charge in [-0.3, -0.25) is 0 Å². The monoisotopic (exact) mass is 479 g/mol. The van der Waals surface area contributed by atoms with Gasteiger partial charge in [0.1, 0.15) is 5.75 Å². The van der Waals surface area contributed by atoms with E-state index >= 15 is 0 Å². The number of alkyl halides is 3. The fourth-order valence-electron chi connectivity index (χ4n) is 3.21. The highest BCUT2D eigenvalue weighted by atomic mass is 35.5. The SMILES string of the molecule is CN(CCCc1ccc(C(F)(F)F)cc1)c1nc(Cl)nc(N(C)CCc2ccc(O)cc2)n1. The maximum Gasteiger partial charge on any atom is 0.416 e. The van der Waals surface area contributed by atoms with Crippen LogP contribution >= 0.6 is 11.6 Å². The Morgan fingerprint density at radius 1 is 0.788 bits per heavy atom. The predicted molar refractivity (Wildman–Crippen MR) is 123 cm³/mol. The van der Waals surface area contributed by atoms with Crippen LogP contribution in [0.25, 0.3) is 0 Å². The van der Waals surface area contributed by atoms with Crippen LogP contribution in [-0.4, -0.2) is 47.2 Å². The molecule has 3 rings (SSSR count). The number of halogens is 4. The molecule has 0 unspecified atom stereocenters. The van der Waals surface area contributed by atoms with E-state index in [1.54, 1.807) is 12.1 Å². The molecule has 0 aliphatic heterocycles. The van der Waals surface area contributed by atoms with Crippen molar-refractivity contribution >= 4 is 23.5 Å². The van der Waals surface area contributed by atoms with Gasteiger partial charge in [-0.1, -0.05) is 24.3 Å². The molecule has 1 heterocycles. The number of aromatic hydroxyl groups is 1. The third-order valence-corrected chi connectivity index (χ3v) is 5.35. The molecule has 0 atom stereocenters. The summed E-state index contributed by atoms with van der Waals surface area (Å²) in [5.41, 5.74) is 1.25. The summed E-state index contributed by atoms with van der Waals surface area (Å²) < 4.78 is 38.1. The number of nitrogens with zero attached hydrogens (tertiary/aromatic N) is 5. The molecule has 0 aliphatic rings. The second-order valence-electron chi connectivity index (χ2n) is 7.76. The van der Waals surface area contributed by atoms with Crippen LogP contribution in [0.3, 0.4) is 0 Å². The Morgan fingerprint density at radius 2 is 1.30 bits per heavy atom. The van der Waals surface area contributed by atoms with Gasteiger partial charge in [-0.15, -0.1) is 0 Å². The van der Waals surface area contributed by atoms with Gasteiger partial charge in [-0.05, 0) is 66.3 Å². The van der Waals surface area contributed by atoms with E-state index in [1.165, 1.54) is 12.1 Å². The quantitative estimate of drug-likeness (QED) is 0.466. The largest absolute Gasteiger partial charge is 0.508 e. The van der Waals surface area contributed by atoms with E-state index in [9.17, 15) is 18.3 Å². The average Bonchev–Trinajstić information content (AvgIpc) is 2.77. The first-order chi connectivity index (χ1) is 15.6. The van der Waals surface area contributed by atoms with Gasteiger partial charge in [-0.25, -0.2) is 0 Å². The van der Waals surface area contributed by atoms with Gasteiger partial charge in [0, 0.05) is 27.2 Å². The lowest BCUT2D eigenvalue weighted by molar-refractivity contribution is -0.137. The molecule has 0 saturated carbocycles. The molecule has 0 aliphatic carbocycles. The zero-order chi connectivity index (χ0) is 24.0. The van der Waals surface area contributed by atoms with Crippen LogP contribution in [0.15, 0.2) is 48.5 Å². The maximum absolute atomic E-state index is 12.7. The molecular formula is C23H25ClF3N5O. The zero-order valence-electron chi connectivity index (χ0n) is 18.3. The van der Waals surface area contributed by atoms with Crippen molar-refractivity contribution in [1.82, 2.24) is 15.0 Å². The number of hydrogen-bond donors (Lipinski definition) is 1. The molecule has 1 aromatic heterocycles. The Morgan fingerprint density at radius 3 is 1.88 bits per heavy atom. The number of rotatable bonds is 9. The Kier molecular flexibility index (Phi) is 7.97. The molecule has 3 aromatic rings. The second-order valence-corrected chi connectivity index (χ2v) is 8.10. The first-order valence-electron chi connectivity index (χ1n) is 10.4. The van der Waals surface area contributed by atoms with E-state index in [2.05, 4.69) is 15.0 Å². The molecular weight excluding hydrogens is 455 g/mol. The molecule has 0 spiro atoms. The highest BCUT2D eigenvalue weighted by Gasteiger charge is 2.29. The van der Waals surface area contributed by atoms with Crippen molar-refractivity contribution < 1.29 is 18.3 Å². The van der Waals surface area contributed by atoms with Gasteiger partial charge < -0.3 is 14.9 Å². The van der Waals surface area contributed by atoms with Crippen molar-refractivity contribution in [3.8, 4) is 5.75 Å². The van der Waals surface area contributed by atoms with Crippen LogP contribution in [0.1, 0.15) is 23.1 Å². The minimum Gasteiger partial charge on any atom is -0.508 e. The maximum atomic E-state index is 12.7. The summed E-state index contributed by atoms with van der Waals surface area (Å²) in [6.07, 6.45) is -2.26. The minimum absolute atomic E-state index is 0.0843. The number of aromatic nitrogens is 3. The summed E-state index contributed by atoms with van der Waals surface area (Å²) in [4.78, 5) is 16.6. The van der Waals surface area contributed by atoms with E-state index < -0.39 is 11.7 Å². The predicted octanol–water partition coefficient (Wildman–Crippen LogP) is 5.00. The molecule has 10 heteroatoms. The zero-order valence-corrected chi connectivity index (χ0v) is 19.1. The van der Waals surface area contributed by atoms with Crippen LogP contribution in [0.2, 0.25) is 5.28 Å². The lowest BCUT2D eigenvalue weighted by Gasteiger charge is -2.21. The van der Waals surface area contributed by atoms with Gasteiger partial charge in [0.05, 0.1) is 5.56 Å². The van der Waals surface area contributed by atoms with E-state index in [4.69, 9.17) is 11.6 Å². The summed E-state index contributed by atoms with van der Waals surface area (Å²) in [5.74, 6) is 1.09. The lowest BCUT2D eigenvalue weighted by atomic mass is 10.1. The Hall–Kier alpha value is -3.07. The number of likely N-dealkylation sites (N-methyl/N-ethyl adjacent to an activating group) is 1. The highest BCUT2D eigenvalue weighted by molar-refractivity contribution is 6.28. The molecule has 0 radical (unpaired) electrons. The van der Waals surface area contributed by atoms with Gasteiger partial charge in [0.2, 0.25) is 17.2 Å². The molecule has 33 heavy (non-hydrogen) atoms. The van der Waals surface area contributed by atoms with Crippen LogP contribution in [0, 0.1) is 0 Å². The molecule has 2 aromatic carbocycles. The minimum atomic E-state index is -4.33. The number of phenolic OH excluding ortho intramolecular Hbond substituents is 1. The summed E-state index contributed by atoms with van der Waals surface area (Å²) in [5, 5.41) is 9.48. The molecule has 176 valence electrons. The number of hydrogen-bond acceptors (Lipinski definition) is 6. The van der Waals surface area contributed by atoms with E-state index in [-0.39, 0.29) is 11.0 Å². The van der Waals surface area contributed by atoms with Crippen molar-refractivity contribution in [2.75, 3.05) is 37.0 Å². The van der Waals surface area contributed by atoms with Crippen molar-refractivity contribution in [3.05, 3.63) is 70.5 Å². The Balaban J connectivity index is 1.55. The first kappa shape index (κ1) is 24.6. The van der Waals surface area contributed by atoms with Crippen LogP contribution in [0.4, 0.5) is 25.1 Å². The smallest absolute Gasteiger partial charge is 0.416 e. The Labute approximate surface area is 195 Å². The number of anilines is 2. The molecule has 0 amide bonds. The number of phenols is 1. The van der Waals surface area contributed by atoms with Gasteiger partial charge in [0.25, 0.3) is 0 Å². The standard InChI is InChI=1S/C23H25ClF3N5O/c1-31(14-3-4-16-5-9-18(10-6-16)23(25,26)27)21-28-20(24)29-22(30-21)32(2)15-13-17-7-11-19(33)12-8-17/h5-12,33H,3-4,13-15H2,1-2H3. The average molecular weight is 480 g/mol. The van der Waals surface area contributed by atoms with Crippen LogP contribution in [-0.2, 0) is 19.0 Å². The third-order valence-electron chi connectivity index (χ3n) is 5.18. The topological polar surface area (TPSA) is 65.4 Å². The second kappa shape index (κ2) is 10.7. The van der Waals surface area contributed by atoms with E-state index in [1.807, 2.05) is 36.0 Å². The van der Waals surface area contributed by atoms with Crippen molar-refractivity contribution in [2.45, 2.75) is 25.4 Å². The van der Waals surface area contributed by atoms with Gasteiger partial charge in [0.15, 0.2) is 0 Å². The summed E-state index contributed by atoms with van der Waals surface area (Å²) in [6.45, 7) is 1.24.